The fourth-order valence-corrected chi connectivity index (χ4v) is 5.95. The normalized spacial score (nSPS) is 20.7. The third-order valence-electron chi connectivity index (χ3n) is 6.78. The van der Waals surface area contributed by atoms with Gasteiger partial charge in [0.25, 0.3) is 0 Å². The van der Waals surface area contributed by atoms with Gasteiger partial charge in [-0.15, -0.1) is 11.8 Å². The summed E-state index contributed by atoms with van der Waals surface area (Å²) in [6.07, 6.45) is 5.18. The van der Waals surface area contributed by atoms with Gasteiger partial charge in [0.05, 0.1) is 0 Å². The number of esters is 1. The van der Waals surface area contributed by atoms with Crippen molar-refractivity contribution in [1.29, 1.82) is 0 Å². The molecule has 0 aliphatic carbocycles. The number of anilines is 1. The molecule has 1 aliphatic heterocycles. The molecule has 2 aromatic carbocycles. The van der Waals surface area contributed by atoms with E-state index in [1.807, 2.05) is 31.2 Å². The van der Waals surface area contributed by atoms with Crippen molar-refractivity contribution in [3.8, 4) is 5.75 Å². The van der Waals surface area contributed by atoms with Crippen LogP contribution in [-0.2, 0) is 26.2 Å². The number of rotatable bonds is 9. The first kappa shape index (κ1) is 27.1. The number of cyclic esters (lactones) is 1. The van der Waals surface area contributed by atoms with Crippen LogP contribution in [0.15, 0.2) is 41.3 Å². The molecular weight excluding hydrogens is 458 g/mol. The number of carbonyl (C=O) groups excluding carboxylic acids is 2. The molecule has 0 bridgehead atoms. The number of hydrogen-bond donors (Lipinski definition) is 2. The Labute approximate surface area is 213 Å². The van der Waals surface area contributed by atoms with Gasteiger partial charge in [-0.2, -0.15) is 0 Å². The molecule has 3 rings (SSSR count). The van der Waals surface area contributed by atoms with E-state index in [2.05, 4.69) is 27.7 Å². The molecule has 1 heterocycles. The number of Topliss-reactive ketones (excluding diaryl/α,β-unsaturated/α-hetero) is 1. The number of ketones is 1. The number of benzene rings is 2. The monoisotopic (exact) mass is 497 g/mol. The van der Waals surface area contributed by atoms with E-state index in [0.717, 1.165) is 40.8 Å². The predicted octanol–water partition coefficient (Wildman–Crippen LogP) is 6.51. The fourth-order valence-electron chi connectivity index (χ4n) is 4.60. The average Bonchev–Trinajstić information content (AvgIpc) is 2.77. The number of aromatic hydroxyl groups is 1. The van der Waals surface area contributed by atoms with Crippen LogP contribution in [0.3, 0.4) is 0 Å². The summed E-state index contributed by atoms with van der Waals surface area (Å²) < 4.78 is 6.15. The molecule has 35 heavy (non-hydrogen) atoms. The topological polar surface area (TPSA) is 89.6 Å². The Morgan fingerprint density at radius 1 is 1.11 bits per heavy atom. The van der Waals surface area contributed by atoms with Crippen molar-refractivity contribution in [3.63, 3.8) is 0 Å². The second kappa shape index (κ2) is 11.1. The SMILES string of the molecule is CCCCCC1(CCc2ccc(O)cc2)CC(=O)C(Sc2cc(C)c(N)cc2C(C)(C)C)C(=O)O1. The van der Waals surface area contributed by atoms with Crippen molar-refractivity contribution >= 4 is 29.2 Å². The van der Waals surface area contributed by atoms with Gasteiger partial charge in [-0.1, -0.05) is 52.7 Å². The maximum atomic E-state index is 13.4. The predicted molar refractivity (Wildman–Crippen MR) is 143 cm³/mol. The minimum Gasteiger partial charge on any atom is -0.508 e. The largest absolute Gasteiger partial charge is 0.508 e. The standard InChI is InChI=1S/C29H39NO4S/c1-6-7-8-14-29(15-13-20-9-11-21(31)12-10-20)18-24(32)26(27(33)34-29)35-25-16-19(2)23(30)17-22(25)28(3,4)5/h9-12,16-17,26,31H,6-8,13-15,18,30H2,1-5H3. The minimum atomic E-state index is -0.868. The molecule has 1 fully saturated rings. The lowest BCUT2D eigenvalue weighted by Crippen LogP contribution is -2.49. The van der Waals surface area contributed by atoms with Gasteiger partial charge < -0.3 is 15.6 Å². The number of unbranched alkanes of at least 4 members (excludes halogenated alkanes) is 2. The van der Waals surface area contributed by atoms with Crippen LogP contribution in [0, 0.1) is 6.92 Å². The first-order valence-electron chi connectivity index (χ1n) is 12.5. The molecule has 0 aromatic heterocycles. The van der Waals surface area contributed by atoms with Gasteiger partial charge in [0, 0.05) is 17.0 Å². The van der Waals surface area contributed by atoms with E-state index in [0.29, 0.717) is 24.9 Å². The highest BCUT2D eigenvalue weighted by molar-refractivity contribution is 8.01. The molecule has 5 nitrogen and oxygen atoms in total. The number of phenolic OH excluding ortho intramolecular Hbond substituents is 1. The van der Waals surface area contributed by atoms with Gasteiger partial charge in [0.2, 0.25) is 0 Å². The zero-order chi connectivity index (χ0) is 25.8. The van der Waals surface area contributed by atoms with Crippen molar-refractivity contribution in [2.45, 2.75) is 101 Å². The molecule has 1 saturated heterocycles. The lowest BCUT2D eigenvalue weighted by molar-refractivity contribution is -0.171. The van der Waals surface area contributed by atoms with Crippen molar-refractivity contribution < 1.29 is 19.4 Å². The summed E-state index contributed by atoms with van der Waals surface area (Å²) in [4.78, 5) is 27.7. The highest BCUT2D eigenvalue weighted by Crippen LogP contribution is 2.42. The van der Waals surface area contributed by atoms with Crippen LogP contribution >= 0.6 is 11.8 Å². The van der Waals surface area contributed by atoms with Crippen LogP contribution in [0.1, 0.15) is 82.9 Å². The van der Waals surface area contributed by atoms with Crippen molar-refractivity contribution in [2.75, 3.05) is 5.73 Å². The van der Waals surface area contributed by atoms with Gasteiger partial charge >= 0.3 is 5.97 Å². The molecule has 2 unspecified atom stereocenters. The smallest absolute Gasteiger partial charge is 0.327 e. The second-order valence-corrected chi connectivity index (χ2v) is 12.0. The number of thioether (sulfide) groups is 1. The quantitative estimate of drug-likeness (QED) is 0.178. The summed E-state index contributed by atoms with van der Waals surface area (Å²) in [5, 5.41) is 8.70. The van der Waals surface area contributed by atoms with E-state index in [1.165, 1.54) is 11.8 Å². The molecular formula is C29H39NO4S. The summed E-state index contributed by atoms with van der Waals surface area (Å²) in [6.45, 7) is 10.4. The molecule has 2 atom stereocenters. The molecule has 0 amide bonds. The number of aryl methyl sites for hydroxylation is 2. The van der Waals surface area contributed by atoms with E-state index in [9.17, 15) is 14.7 Å². The molecule has 0 spiro atoms. The Hall–Kier alpha value is -2.47. The Balaban J connectivity index is 1.82. The lowest BCUT2D eigenvalue weighted by Gasteiger charge is -2.39. The Morgan fingerprint density at radius 3 is 2.40 bits per heavy atom. The van der Waals surface area contributed by atoms with Crippen molar-refractivity contribution in [1.82, 2.24) is 0 Å². The number of nitrogen functional groups attached to an aromatic ring is 1. The van der Waals surface area contributed by atoms with Gasteiger partial charge in [-0.05, 0) is 79.0 Å². The molecule has 2 aromatic rings. The van der Waals surface area contributed by atoms with Crippen LogP contribution in [-0.4, -0.2) is 27.7 Å². The van der Waals surface area contributed by atoms with E-state index in [-0.39, 0.29) is 23.4 Å². The summed E-state index contributed by atoms with van der Waals surface area (Å²) in [5.74, 6) is -0.288. The van der Waals surface area contributed by atoms with Crippen LogP contribution in [0.2, 0.25) is 0 Å². The summed E-state index contributed by atoms with van der Waals surface area (Å²) >= 11 is 1.29. The summed E-state index contributed by atoms with van der Waals surface area (Å²) in [5.41, 5.74) is 8.93. The molecule has 3 N–H and O–H groups in total. The molecule has 1 aliphatic rings. The minimum absolute atomic E-state index is 0.0669. The van der Waals surface area contributed by atoms with Gasteiger partial charge in [-0.3, -0.25) is 9.59 Å². The molecule has 6 heteroatoms. The average molecular weight is 498 g/mol. The Bertz CT molecular complexity index is 1040. The lowest BCUT2D eigenvalue weighted by atomic mass is 9.82. The van der Waals surface area contributed by atoms with Crippen LogP contribution in [0.4, 0.5) is 5.69 Å². The zero-order valence-electron chi connectivity index (χ0n) is 21.6. The van der Waals surface area contributed by atoms with Gasteiger partial charge in [0.1, 0.15) is 11.4 Å². The summed E-state index contributed by atoms with van der Waals surface area (Å²) in [7, 11) is 0. The first-order valence-corrected chi connectivity index (χ1v) is 13.4. The molecule has 0 saturated carbocycles. The van der Waals surface area contributed by atoms with Crippen molar-refractivity contribution in [2.24, 2.45) is 0 Å². The van der Waals surface area contributed by atoms with E-state index in [4.69, 9.17) is 10.5 Å². The third kappa shape index (κ3) is 6.81. The number of nitrogens with two attached hydrogens (primary N) is 1. The first-order chi connectivity index (χ1) is 16.4. The second-order valence-electron chi connectivity index (χ2n) is 10.8. The summed E-state index contributed by atoms with van der Waals surface area (Å²) in [6, 6.07) is 11.0. The molecule has 0 radical (unpaired) electrons. The van der Waals surface area contributed by atoms with Crippen LogP contribution < -0.4 is 5.73 Å². The van der Waals surface area contributed by atoms with Gasteiger partial charge in [-0.25, -0.2) is 0 Å². The van der Waals surface area contributed by atoms with Gasteiger partial charge in [0.15, 0.2) is 11.0 Å². The van der Waals surface area contributed by atoms with E-state index >= 15 is 0 Å². The maximum Gasteiger partial charge on any atom is 0.327 e. The Morgan fingerprint density at radius 2 is 1.80 bits per heavy atom. The van der Waals surface area contributed by atoms with Crippen LogP contribution in [0.5, 0.6) is 5.75 Å². The fraction of sp³-hybridized carbons (Fsp3) is 0.517. The maximum absolute atomic E-state index is 13.4. The van der Waals surface area contributed by atoms with Crippen molar-refractivity contribution in [3.05, 3.63) is 53.1 Å². The number of carbonyl (C=O) groups is 2. The Kier molecular flexibility index (Phi) is 8.58. The van der Waals surface area contributed by atoms with Crippen LogP contribution in [0.25, 0.3) is 0 Å². The molecule has 190 valence electrons. The van der Waals surface area contributed by atoms with E-state index < -0.39 is 16.8 Å². The van der Waals surface area contributed by atoms with E-state index in [1.54, 1.807) is 12.1 Å². The third-order valence-corrected chi connectivity index (χ3v) is 8.07. The highest BCUT2D eigenvalue weighted by Gasteiger charge is 2.47. The highest BCUT2D eigenvalue weighted by atomic mass is 32.2. The number of phenols is 1. The number of hydrogen-bond acceptors (Lipinski definition) is 6. The zero-order valence-corrected chi connectivity index (χ0v) is 22.5. The number of ether oxygens (including phenoxy) is 1.